The van der Waals surface area contributed by atoms with Crippen LogP contribution in [0.25, 0.3) is 0 Å². The van der Waals surface area contributed by atoms with Gasteiger partial charge in [0, 0.05) is 19.8 Å². The van der Waals surface area contributed by atoms with Gasteiger partial charge in [0.25, 0.3) is 0 Å². The van der Waals surface area contributed by atoms with Gasteiger partial charge < -0.3 is 10.1 Å². The molecule has 1 fully saturated rings. The van der Waals surface area contributed by atoms with Gasteiger partial charge in [-0.3, -0.25) is 0 Å². The Morgan fingerprint density at radius 3 is 2.56 bits per heavy atom. The van der Waals surface area contributed by atoms with Crippen LogP contribution >= 0.6 is 0 Å². The molecule has 1 rings (SSSR count). The van der Waals surface area contributed by atoms with Crippen molar-refractivity contribution >= 4 is 0 Å². The van der Waals surface area contributed by atoms with Crippen LogP contribution in [-0.2, 0) is 4.74 Å². The van der Waals surface area contributed by atoms with E-state index in [0.29, 0.717) is 17.4 Å². The van der Waals surface area contributed by atoms with Crippen molar-refractivity contribution < 1.29 is 4.74 Å². The standard InChI is InChI=1S/C14H29NO/c1-11(8-10-16-5)13(15-4)12-7-6-9-14(12,2)3/h11-13,15H,6-10H2,1-5H3. The van der Waals surface area contributed by atoms with Crippen LogP contribution in [0.2, 0.25) is 0 Å². The van der Waals surface area contributed by atoms with Crippen molar-refractivity contribution in [3.05, 3.63) is 0 Å². The smallest absolute Gasteiger partial charge is 0.0465 e. The quantitative estimate of drug-likeness (QED) is 0.753. The molecule has 2 heteroatoms. The third-order valence-electron chi connectivity index (χ3n) is 4.50. The van der Waals surface area contributed by atoms with E-state index >= 15 is 0 Å². The lowest BCUT2D eigenvalue weighted by Crippen LogP contribution is -2.43. The Labute approximate surface area is 101 Å². The topological polar surface area (TPSA) is 21.3 Å². The lowest BCUT2D eigenvalue weighted by Gasteiger charge is -2.37. The molecule has 0 amide bonds. The van der Waals surface area contributed by atoms with Crippen molar-refractivity contribution in [2.75, 3.05) is 20.8 Å². The Morgan fingerprint density at radius 2 is 2.12 bits per heavy atom. The van der Waals surface area contributed by atoms with E-state index in [1.807, 2.05) is 0 Å². The normalized spacial score (nSPS) is 27.9. The Morgan fingerprint density at radius 1 is 1.44 bits per heavy atom. The molecule has 0 saturated heterocycles. The van der Waals surface area contributed by atoms with Crippen LogP contribution in [0.4, 0.5) is 0 Å². The summed E-state index contributed by atoms with van der Waals surface area (Å²) in [5.74, 6) is 1.52. The molecule has 0 radical (unpaired) electrons. The molecular formula is C14H29NO. The molecule has 2 nitrogen and oxygen atoms in total. The maximum Gasteiger partial charge on any atom is 0.0465 e. The third kappa shape index (κ3) is 3.21. The molecule has 0 heterocycles. The van der Waals surface area contributed by atoms with Gasteiger partial charge >= 0.3 is 0 Å². The molecule has 0 spiro atoms. The first kappa shape index (κ1) is 14.0. The van der Waals surface area contributed by atoms with Crippen molar-refractivity contribution in [2.24, 2.45) is 17.3 Å². The molecule has 3 unspecified atom stereocenters. The largest absolute Gasteiger partial charge is 0.385 e. The molecule has 1 saturated carbocycles. The van der Waals surface area contributed by atoms with Crippen molar-refractivity contribution in [2.45, 2.75) is 52.5 Å². The van der Waals surface area contributed by atoms with Gasteiger partial charge in [-0.25, -0.2) is 0 Å². The Balaban J connectivity index is 2.59. The lowest BCUT2D eigenvalue weighted by molar-refractivity contribution is 0.129. The minimum atomic E-state index is 0.509. The molecule has 0 aliphatic heterocycles. The molecule has 96 valence electrons. The third-order valence-corrected chi connectivity index (χ3v) is 4.50. The molecular weight excluding hydrogens is 198 g/mol. The first-order chi connectivity index (χ1) is 7.53. The molecule has 0 aromatic rings. The van der Waals surface area contributed by atoms with Gasteiger partial charge in [-0.2, -0.15) is 0 Å². The summed E-state index contributed by atoms with van der Waals surface area (Å²) in [4.78, 5) is 0. The molecule has 16 heavy (non-hydrogen) atoms. The van der Waals surface area contributed by atoms with E-state index in [1.54, 1.807) is 7.11 Å². The lowest BCUT2D eigenvalue weighted by atomic mass is 9.73. The fourth-order valence-corrected chi connectivity index (χ4v) is 3.38. The second-order valence-electron chi connectivity index (χ2n) is 6.06. The fourth-order valence-electron chi connectivity index (χ4n) is 3.38. The van der Waals surface area contributed by atoms with Crippen molar-refractivity contribution in [1.82, 2.24) is 5.32 Å². The fraction of sp³-hybridized carbons (Fsp3) is 1.00. The monoisotopic (exact) mass is 227 g/mol. The number of nitrogens with one attached hydrogen (secondary N) is 1. The van der Waals surface area contributed by atoms with Crippen molar-refractivity contribution in [3.63, 3.8) is 0 Å². The SMILES string of the molecule is CNC(C(C)CCOC)C1CCCC1(C)C. The first-order valence-electron chi connectivity index (χ1n) is 6.69. The second-order valence-corrected chi connectivity index (χ2v) is 6.06. The highest BCUT2D eigenvalue weighted by Gasteiger charge is 2.40. The zero-order valence-corrected chi connectivity index (χ0v) is 11.7. The van der Waals surface area contributed by atoms with Crippen LogP contribution in [-0.4, -0.2) is 26.8 Å². The maximum absolute atomic E-state index is 5.19. The van der Waals surface area contributed by atoms with Gasteiger partial charge in [-0.05, 0) is 43.6 Å². The summed E-state index contributed by atoms with van der Waals surface area (Å²) in [6.45, 7) is 8.09. The van der Waals surface area contributed by atoms with Crippen LogP contribution < -0.4 is 5.32 Å². The van der Waals surface area contributed by atoms with Crippen LogP contribution in [0.5, 0.6) is 0 Å². The number of rotatable bonds is 6. The van der Waals surface area contributed by atoms with Crippen LogP contribution in [0.1, 0.15) is 46.5 Å². The summed E-state index contributed by atoms with van der Waals surface area (Å²) in [7, 11) is 3.91. The predicted molar refractivity (Wildman–Crippen MR) is 69.6 cm³/mol. The highest BCUT2D eigenvalue weighted by molar-refractivity contribution is 4.93. The molecule has 1 aliphatic rings. The number of hydrogen-bond donors (Lipinski definition) is 1. The molecule has 0 aromatic carbocycles. The Hall–Kier alpha value is -0.0800. The van der Waals surface area contributed by atoms with Gasteiger partial charge in [0.15, 0.2) is 0 Å². The Bertz CT molecular complexity index is 203. The van der Waals surface area contributed by atoms with E-state index in [2.05, 4.69) is 33.1 Å². The van der Waals surface area contributed by atoms with E-state index in [-0.39, 0.29) is 0 Å². The van der Waals surface area contributed by atoms with Crippen LogP contribution in [0, 0.1) is 17.3 Å². The van der Waals surface area contributed by atoms with Crippen molar-refractivity contribution in [1.29, 1.82) is 0 Å². The minimum absolute atomic E-state index is 0.509. The molecule has 1 N–H and O–H groups in total. The molecule has 3 atom stereocenters. The highest BCUT2D eigenvalue weighted by atomic mass is 16.5. The zero-order valence-electron chi connectivity index (χ0n) is 11.7. The summed E-state index contributed by atoms with van der Waals surface area (Å²) in [5.41, 5.74) is 0.509. The van der Waals surface area contributed by atoms with Gasteiger partial charge in [0.1, 0.15) is 0 Å². The summed E-state index contributed by atoms with van der Waals surface area (Å²) < 4.78 is 5.19. The summed E-state index contributed by atoms with van der Waals surface area (Å²) in [6, 6.07) is 0.646. The summed E-state index contributed by atoms with van der Waals surface area (Å²) >= 11 is 0. The number of methoxy groups -OCH3 is 1. The second kappa shape index (κ2) is 6.02. The average molecular weight is 227 g/mol. The Kier molecular flexibility index (Phi) is 5.26. The highest BCUT2D eigenvalue weighted by Crippen LogP contribution is 2.45. The predicted octanol–water partition coefficient (Wildman–Crippen LogP) is 3.07. The van der Waals surface area contributed by atoms with Gasteiger partial charge in [-0.15, -0.1) is 0 Å². The van der Waals surface area contributed by atoms with Gasteiger partial charge in [0.2, 0.25) is 0 Å². The summed E-state index contributed by atoms with van der Waals surface area (Å²) in [6.07, 6.45) is 5.32. The van der Waals surface area contributed by atoms with E-state index < -0.39 is 0 Å². The van der Waals surface area contributed by atoms with E-state index in [9.17, 15) is 0 Å². The summed E-state index contributed by atoms with van der Waals surface area (Å²) in [5, 5.41) is 3.55. The molecule has 0 aromatic heterocycles. The van der Waals surface area contributed by atoms with E-state index in [4.69, 9.17) is 4.74 Å². The maximum atomic E-state index is 5.19. The van der Waals surface area contributed by atoms with Gasteiger partial charge in [-0.1, -0.05) is 27.2 Å². The van der Waals surface area contributed by atoms with Crippen LogP contribution in [0.3, 0.4) is 0 Å². The molecule has 1 aliphatic carbocycles. The van der Waals surface area contributed by atoms with E-state index in [1.165, 1.54) is 19.3 Å². The first-order valence-corrected chi connectivity index (χ1v) is 6.69. The minimum Gasteiger partial charge on any atom is -0.385 e. The van der Waals surface area contributed by atoms with Crippen LogP contribution in [0.15, 0.2) is 0 Å². The van der Waals surface area contributed by atoms with E-state index in [0.717, 1.165) is 18.9 Å². The number of hydrogen-bond acceptors (Lipinski definition) is 2. The molecule has 0 bridgehead atoms. The number of ether oxygens (including phenoxy) is 1. The average Bonchev–Trinajstić information content (AvgIpc) is 2.57. The van der Waals surface area contributed by atoms with Gasteiger partial charge in [0.05, 0.1) is 0 Å². The van der Waals surface area contributed by atoms with Crippen molar-refractivity contribution in [3.8, 4) is 0 Å². The zero-order chi connectivity index (χ0) is 12.2.